The molecule has 0 fully saturated rings. The second kappa shape index (κ2) is 5.52. The lowest BCUT2D eigenvalue weighted by Crippen LogP contribution is -1.85. The zero-order chi connectivity index (χ0) is 14.1. The number of hydrogen-bond donors (Lipinski definition) is 0. The Bertz CT molecular complexity index is 768. The number of aryl methyl sites for hydroxylation is 1. The van der Waals surface area contributed by atoms with Gasteiger partial charge in [0.1, 0.15) is 5.01 Å². The van der Waals surface area contributed by atoms with Crippen molar-refractivity contribution in [1.29, 1.82) is 0 Å². The molecule has 2 heterocycles. The SMILES string of the molecule is Cc1ccncc1-c1csc(-c2ccc(Cl)cc2Cl)n1. The van der Waals surface area contributed by atoms with E-state index in [-0.39, 0.29) is 0 Å². The van der Waals surface area contributed by atoms with Gasteiger partial charge < -0.3 is 0 Å². The third kappa shape index (κ3) is 2.57. The van der Waals surface area contributed by atoms with Crippen LogP contribution in [0.15, 0.2) is 42.0 Å². The maximum atomic E-state index is 6.22. The van der Waals surface area contributed by atoms with E-state index in [0.29, 0.717) is 10.0 Å². The van der Waals surface area contributed by atoms with E-state index >= 15 is 0 Å². The molecule has 0 unspecified atom stereocenters. The summed E-state index contributed by atoms with van der Waals surface area (Å²) in [7, 11) is 0. The van der Waals surface area contributed by atoms with Gasteiger partial charge in [-0.2, -0.15) is 0 Å². The highest BCUT2D eigenvalue weighted by Crippen LogP contribution is 2.34. The lowest BCUT2D eigenvalue weighted by Gasteiger charge is -2.02. The van der Waals surface area contributed by atoms with Crippen molar-refractivity contribution >= 4 is 34.5 Å². The monoisotopic (exact) mass is 320 g/mol. The first-order valence-electron chi connectivity index (χ1n) is 5.97. The summed E-state index contributed by atoms with van der Waals surface area (Å²) >= 11 is 13.7. The first kappa shape index (κ1) is 13.6. The number of pyridine rings is 1. The van der Waals surface area contributed by atoms with Crippen LogP contribution in [0.4, 0.5) is 0 Å². The fraction of sp³-hybridized carbons (Fsp3) is 0.0667. The molecular formula is C15H10Cl2N2S. The van der Waals surface area contributed by atoms with Gasteiger partial charge in [0.15, 0.2) is 0 Å². The number of hydrogen-bond acceptors (Lipinski definition) is 3. The van der Waals surface area contributed by atoms with Gasteiger partial charge in [0.05, 0.1) is 10.7 Å². The Morgan fingerprint density at radius 2 is 1.95 bits per heavy atom. The molecule has 0 spiro atoms. The van der Waals surface area contributed by atoms with Gasteiger partial charge in [0.25, 0.3) is 0 Å². The van der Waals surface area contributed by atoms with Crippen molar-refractivity contribution in [2.24, 2.45) is 0 Å². The Labute approximate surface area is 131 Å². The molecule has 1 aromatic carbocycles. The van der Waals surface area contributed by atoms with E-state index in [4.69, 9.17) is 23.2 Å². The molecular weight excluding hydrogens is 311 g/mol. The van der Waals surface area contributed by atoms with Gasteiger partial charge >= 0.3 is 0 Å². The maximum Gasteiger partial charge on any atom is 0.125 e. The molecule has 0 aliphatic heterocycles. The lowest BCUT2D eigenvalue weighted by molar-refractivity contribution is 1.27. The number of nitrogens with zero attached hydrogens (tertiary/aromatic N) is 2. The Balaban J connectivity index is 2.04. The lowest BCUT2D eigenvalue weighted by atomic mass is 10.1. The molecule has 0 bridgehead atoms. The van der Waals surface area contributed by atoms with E-state index in [0.717, 1.165) is 27.4 Å². The molecule has 100 valence electrons. The Kier molecular flexibility index (Phi) is 3.74. The molecule has 2 aromatic heterocycles. The highest BCUT2D eigenvalue weighted by Gasteiger charge is 2.11. The van der Waals surface area contributed by atoms with Crippen LogP contribution in [0.25, 0.3) is 21.8 Å². The van der Waals surface area contributed by atoms with Crippen LogP contribution < -0.4 is 0 Å². The van der Waals surface area contributed by atoms with Crippen molar-refractivity contribution in [3.8, 4) is 21.8 Å². The van der Waals surface area contributed by atoms with Crippen LogP contribution in [0.5, 0.6) is 0 Å². The molecule has 2 nitrogen and oxygen atoms in total. The average molecular weight is 321 g/mol. The minimum Gasteiger partial charge on any atom is -0.264 e. The molecule has 0 aliphatic carbocycles. The fourth-order valence-corrected chi connectivity index (χ4v) is 3.33. The summed E-state index contributed by atoms with van der Waals surface area (Å²) in [5.41, 5.74) is 4.01. The third-order valence-corrected chi connectivity index (χ3v) is 4.40. The fourth-order valence-electron chi connectivity index (χ4n) is 1.92. The molecule has 0 aliphatic rings. The van der Waals surface area contributed by atoms with Gasteiger partial charge in [-0.05, 0) is 36.8 Å². The maximum absolute atomic E-state index is 6.22. The summed E-state index contributed by atoms with van der Waals surface area (Å²) in [6, 6.07) is 7.42. The summed E-state index contributed by atoms with van der Waals surface area (Å²) in [6.07, 6.45) is 3.61. The normalized spacial score (nSPS) is 10.8. The highest BCUT2D eigenvalue weighted by atomic mass is 35.5. The first-order chi connectivity index (χ1) is 9.65. The molecule has 0 saturated carbocycles. The van der Waals surface area contributed by atoms with Gasteiger partial charge in [-0.25, -0.2) is 4.98 Å². The molecule has 0 saturated heterocycles. The molecule has 3 rings (SSSR count). The van der Waals surface area contributed by atoms with E-state index in [1.165, 1.54) is 0 Å². The van der Waals surface area contributed by atoms with E-state index in [2.05, 4.69) is 9.97 Å². The molecule has 0 radical (unpaired) electrons. The molecule has 0 N–H and O–H groups in total. The van der Waals surface area contributed by atoms with E-state index < -0.39 is 0 Å². The second-order valence-electron chi connectivity index (χ2n) is 4.35. The van der Waals surface area contributed by atoms with Gasteiger partial charge in [-0.15, -0.1) is 11.3 Å². The summed E-state index contributed by atoms with van der Waals surface area (Å²) < 4.78 is 0. The van der Waals surface area contributed by atoms with Crippen LogP contribution in [0.2, 0.25) is 10.0 Å². The van der Waals surface area contributed by atoms with Gasteiger partial charge in [0.2, 0.25) is 0 Å². The van der Waals surface area contributed by atoms with Crippen LogP contribution in [0.3, 0.4) is 0 Å². The van der Waals surface area contributed by atoms with Crippen LogP contribution in [-0.4, -0.2) is 9.97 Å². The number of thiazole rings is 1. The van der Waals surface area contributed by atoms with E-state index in [1.807, 2.05) is 36.7 Å². The van der Waals surface area contributed by atoms with Crippen molar-refractivity contribution in [2.45, 2.75) is 6.92 Å². The van der Waals surface area contributed by atoms with E-state index in [9.17, 15) is 0 Å². The zero-order valence-corrected chi connectivity index (χ0v) is 12.9. The first-order valence-corrected chi connectivity index (χ1v) is 7.60. The predicted molar refractivity (Wildman–Crippen MR) is 85.5 cm³/mol. The minimum absolute atomic E-state index is 0.612. The summed E-state index contributed by atoms with van der Waals surface area (Å²) in [5, 5.41) is 4.13. The van der Waals surface area contributed by atoms with Gasteiger partial charge in [-0.1, -0.05) is 23.2 Å². The Morgan fingerprint density at radius 3 is 2.70 bits per heavy atom. The Morgan fingerprint density at radius 1 is 1.10 bits per heavy atom. The smallest absolute Gasteiger partial charge is 0.125 e. The number of aromatic nitrogens is 2. The second-order valence-corrected chi connectivity index (χ2v) is 6.05. The minimum atomic E-state index is 0.612. The molecule has 5 heteroatoms. The number of benzene rings is 1. The van der Waals surface area contributed by atoms with Crippen LogP contribution >= 0.6 is 34.5 Å². The molecule has 3 aromatic rings. The molecule has 0 atom stereocenters. The Hall–Kier alpha value is -1.42. The van der Waals surface area contributed by atoms with Crippen molar-refractivity contribution in [1.82, 2.24) is 9.97 Å². The zero-order valence-electron chi connectivity index (χ0n) is 10.6. The summed E-state index contributed by atoms with van der Waals surface area (Å²) in [6.45, 7) is 2.05. The largest absolute Gasteiger partial charge is 0.264 e. The van der Waals surface area contributed by atoms with Crippen LogP contribution in [0.1, 0.15) is 5.56 Å². The quantitative estimate of drug-likeness (QED) is 0.624. The summed E-state index contributed by atoms with van der Waals surface area (Å²) in [4.78, 5) is 8.81. The standard InChI is InChI=1S/C15H10Cl2N2S/c1-9-4-5-18-7-12(9)14-8-20-15(19-14)11-3-2-10(16)6-13(11)17/h2-8H,1H3. The van der Waals surface area contributed by atoms with Gasteiger partial charge in [0, 0.05) is 33.9 Å². The topological polar surface area (TPSA) is 25.8 Å². The van der Waals surface area contributed by atoms with Crippen LogP contribution in [-0.2, 0) is 0 Å². The molecule has 0 amide bonds. The summed E-state index contributed by atoms with van der Waals surface area (Å²) in [5.74, 6) is 0. The highest BCUT2D eigenvalue weighted by molar-refractivity contribution is 7.13. The van der Waals surface area contributed by atoms with Gasteiger partial charge in [-0.3, -0.25) is 4.98 Å². The average Bonchev–Trinajstić information content (AvgIpc) is 2.88. The van der Waals surface area contributed by atoms with Crippen molar-refractivity contribution in [2.75, 3.05) is 0 Å². The van der Waals surface area contributed by atoms with Crippen molar-refractivity contribution in [3.05, 3.63) is 57.6 Å². The number of halogens is 2. The predicted octanol–water partition coefficient (Wildman–Crippen LogP) is 5.49. The van der Waals surface area contributed by atoms with Crippen LogP contribution in [0, 0.1) is 6.92 Å². The molecule has 20 heavy (non-hydrogen) atoms. The van der Waals surface area contributed by atoms with Crippen molar-refractivity contribution in [3.63, 3.8) is 0 Å². The third-order valence-electron chi connectivity index (χ3n) is 2.98. The van der Waals surface area contributed by atoms with Crippen molar-refractivity contribution < 1.29 is 0 Å². The number of rotatable bonds is 2. The van der Waals surface area contributed by atoms with E-state index in [1.54, 1.807) is 23.6 Å².